The topological polar surface area (TPSA) is 64.2 Å². The molecular weight excluding hydrogens is 304 g/mol. The average Bonchev–Trinajstić information content (AvgIpc) is 3.25. The second-order valence-electron chi connectivity index (χ2n) is 6.48. The van der Waals surface area contributed by atoms with E-state index in [1.165, 1.54) is 38.2 Å². The molecule has 0 spiro atoms. The number of nitrogens with one attached hydrogen (secondary N) is 1. The molecule has 128 valence electrons. The van der Waals surface area contributed by atoms with Crippen molar-refractivity contribution in [1.29, 1.82) is 0 Å². The van der Waals surface area contributed by atoms with Crippen molar-refractivity contribution in [1.82, 2.24) is 9.88 Å². The minimum absolute atomic E-state index is 0.0909. The summed E-state index contributed by atoms with van der Waals surface area (Å²) in [5.74, 6) is 1.56. The molecule has 2 aromatic heterocycles. The van der Waals surface area contributed by atoms with Gasteiger partial charge in [-0.3, -0.25) is 9.59 Å². The van der Waals surface area contributed by atoms with E-state index in [2.05, 4.69) is 5.32 Å². The Morgan fingerprint density at radius 3 is 2.83 bits per heavy atom. The van der Waals surface area contributed by atoms with Crippen LogP contribution in [0.3, 0.4) is 0 Å². The van der Waals surface area contributed by atoms with Gasteiger partial charge in [0.2, 0.25) is 0 Å². The van der Waals surface area contributed by atoms with Crippen molar-refractivity contribution in [3.05, 3.63) is 58.4 Å². The fourth-order valence-corrected chi connectivity index (χ4v) is 3.32. The quantitative estimate of drug-likeness (QED) is 0.794. The average molecular weight is 328 g/mol. The van der Waals surface area contributed by atoms with Gasteiger partial charge in [0.25, 0.3) is 11.5 Å². The Balaban J connectivity index is 1.46. The molecule has 5 heteroatoms. The van der Waals surface area contributed by atoms with E-state index >= 15 is 0 Å². The molecule has 5 nitrogen and oxygen atoms in total. The van der Waals surface area contributed by atoms with Gasteiger partial charge < -0.3 is 14.3 Å². The van der Waals surface area contributed by atoms with Crippen LogP contribution in [0.5, 0.6) is 0 Å². The van der Waals surface area contributed by atoms with Gasteiger partial charge in [-0.2, -0.15) is 0 Å². The van der Waals surface area contributed by atoms with E-state index in [9.17, 15) is 9.59 Å². The summed E-state index contributed by atoms with van der Waals surface area (Å²) < 4.78 is 7.11. The van der Waals surface area contributed by atoms with Crippen molar-refractivity contribution in [2.45, 2.75) is 45.1 Å². The van der Waals surface area contributed by atoms with Gasteiger partial charge >= 0.3 is 0 Å². The summed E-state index contributed by atoms with van der Waals surface area (Å²) in [6, 6.07) is 8.40. The molecule has 1 aliphatic rings. The predicted molar refractivity (Wildman–Crippen MR) is 92.0 cm³/mol. The van der Waals surface area contributed by atoms with E-state index in [1.807, 2.05) is 0 Å². The molecule has 0 atom stereocenters. The highest BCUT2D eigenvalue weighted by Crippen LogP contribution is 2.28. The molecule has 1 N–H and O–H groups in total. The van der Waals surface area contributed by atoms with Crippen LogP contribution in [-0.4, -0.2) is 17.0 Å². The SMILES string of the molecule is O=C(NCCCC1CCCC1)c1ccc(Cn2ccccc2=O)o1. The lowest BCUT2D eigenvalue weighted by Gasteiger charge is -2.08. The predicted octanol–water partition coefficient (Wildman–Crippen LogP) is 3.19. The molecule has 0 unspecified atom stereocenters. The fourth-order valence-electron chi connectivity index (χ4n) is 3.32. The van der Waals surface area contributed by atoms with Gasteiger partial charge in [0.05, 0.1) is 6.54 Å². The summed E-state index contributed by atoms with van der Waals surface area (Å²) in [5.41, 5.74) is -0.0909. The number of furan rings is 1. The normalized spacial score (nSPS) is 14.8. The zero-order chi connectivity index (χ0) is 16.8. The van der Waals surface area contributed by atoms with Gasteiger partial charge in [0, 0.05) is 18.8 Å². The van der Waals surface area contributed by atoms with Gasteiger partial charge in [0.1, 0.15) is 5.76 Å². The van der Waals surface area contributed by atoms with Crippen LogP contribution in [-0.2, 0) is 6.54 Å². The maximum absolute atomic E-state index is 12.1. The summed E-state index contributed by atoms with van der Waals surface area (Å²) in [4.78, 5) is 23.8. The Hall–Kier alpha value is -2.30. The van der Waals surface area contributed by atoms with Crippen molar-refractivity contribution in [2.75, 3.05) is 6.54 Å². The monoisotopic (exact) mass is 328 g/mol. The number of nitrogens with zero attached hydrogens (tertiary/aromatic N) is 1. The zero-order valence-corrected chi connectivity index (χ0v) is 13.9. The van der Waals surface area contributed by atoms with E-state index in [0.717, 1.165) is 12.3 Å². The number of hydrogen-bond acceptors (Lipinski definition) is 3. The van der Waals surface area contributed by atoms with Gasteiger partial charge in [-0.05, 0) is 37.0 Å². The number of hydrogen-bond donors (Lipinski definition) is 1. The molecule has 0 saturated heterocycles. The molecule has 1 saturated carbocycles. The van der Waals surface area contributed by atoms with Gasteiger partial charge in [0.15, 0.2) is 5.76 Å². The molecule has 0 aromatic carbocycles. The van der Waals surface area contributed by atoms with Crippen LogP contribution < -0.4 is 10.9 Å². The highest BCUT2D eigenvalue weighted by molar-refractivity contribution is 5.91. The smallest absolute Gasteiger partial charge is 0.286 e. The van der Waals surface area contributed by atoms with E-state index in [1.54, 1.807) is 35.0 Å². The van der Waals surface area contributed by atoms with Gasteiger partial charge in [-0.1, -0.05) is 31.7 Å². The molecule has 0 aliphatic heterocycles. The molecule has 0 bridgehead atoms. The molecule has 1 amide bonds. The first-order valence-corrected chi connectivity index (χ1v) is 8.75. The second-order valence-corrected chi connectivity index (χ2v) is 6.48. The summed E-state index contributed by atoms with van der Waals surface area (Å²) in [7, 11) is 0. The van der Waals surface area contributed by atoms with Crippen molar-refractivity contribution in [3.8, 4) is 0 Å². The Kier molecular flexibility index (Phi) is 5.51. The largest absolute Gasteiger partial charge is 0.454 e. The van der Waals surface area contributed by atoms with E-state index < -0.39 is 0 Å². The third-order valence-electron chi connectivity index (χ3n) is 4.66. The molecule has 24 heavy (non-hydrogen) atoms. The number of carbonyl (C=O) groups is 1. The standard InChI is InChI=1S/C19H24N2O3/c22-18-9-3-4-13-21(18)14-16-10-11-17(24-16)19(23)20-12-5-8-15-6-1-2-7-15/h3-4,9-11,13,15H,1-2,5-8,12,14H2,(H,20,23). The van der Waals surface area contributed by atoms with Crippen molar-refractivity contribution >= 4 is 5.91 Å². The fraction of sp³-hybridized carbons (Fsp3) is 0.474. The number of aromatic nitrogens is 1. The van der Waals surface area contributed by atoms with Crippen LogP contribution in [0, 0.1) is 5.92 Å². The Bertz CT molecular complexity index is 726. The highest BCUT2D eigenvalue weighted by Gasteiger charge is 2.15. The third-order valence-corrected chi connectivity index (χ3v) is 4.66. The minimum atomic E-state index is -0.187. The van der Waals surface area contributed by atoms with E-state index in [-0.39, 0.29) is 11.5 Å². The van der Waals surface area contributed by atoms with Crippen LogP contribution >= 0.6 is 0 Å². The number of carbonyl (C=O) groups excluding carboxylic acids is 1. The van der Waals surface area contributed by atoms with E-state index in [4.69, 9.17) is 4.42 Å². The second kappa shape index (κ2) is 7.99. The Labute approximate surface area is 141 Å². The molecule has 1 fully saturated rings. The highest BCUT2D eigenvalue weighted by atomic mass is 16.4. The maximum atomic E-state index is 12.1. The summed E-state index contributed by atoms with van der Waals surface area (Å²) >= 11 is 0. The lowest BCUT2D eigenvalue weighted by Crippen LogP contribution is -2.24. The van der Waals surface area contributed by atoms with Crippen LogP contribution in [0.1, 0.15) is 54.8 Å². The molecular formula is C19H24N2O3. The van der Waals surface area contributed by atoms with Crippen LogP contribution in [0.4, 0.5) is 0 Å². The van der Waals surface area contributed by atoms with Crippen LogP contribution in [0.2, 0.25) is 0 Å². The van der Waals surface area contributed by atoms with Crippen LogP contribution in [0.15, 0.2) is 45.7 Å². The minimum Gasteiger partial charge on any atom is -0.454 e. The summed E-state index contributed by atoms with van der Waals surface area (Å²) in [6.07, 6.45) is 9.31. The van der Waals surface area contributed by atoms with Gasteiger partial charge in [-0.25, -0.2) is 0 Å². The molecule has 2 aromatic rings. The lowest BCUT2D eigenvalue weighted by molar-refractivity contribution is 0.0922. The zero-order valence-electron chi connectivity index (χ0n) is 13.9. The first kappa shape index (κ1) is 16.6. The first-order valence-electron chi connectivity index (χ1n) is 8.75. The molecule has 1 aliphatic carbocycles. The summed E-state index contributed by atoms with van der Waals surface area (Å²) in [6.45, 7) is 1.01. The Morgan fingerprint density at radius 1 is 1.21 bits per heavy atom. The first-order chi connectivity index (χ1) is 11.7. The molecule has 3 rings (SSSR count). The van der Waals surface area contributed by atoms with Crippen molar-refractivity contribution < 1.29 is 9.21 Å². The maximum Gasteiger partial charge on any atom is 0.286 e. The molecule has 2 heterocycles. The van der Waals surface area contributed by atoms with Crippen molar-refractivity contribution in [3.63, 3.8) is 0 Å². The Morgan fingerprint density at radius 2 is 2.04 bits per heavy atom. The number of pyridine rings is 1. The molecule has 0 radical (unpaired) electrons. The lowest BCUT2D eigenvalue weighted by atomic mass is 10.0. The number of amides is 1. The van der Waals surface area contributed by atoms with Gasteiger partial charge in [-0.15, -0.1) is 0 Å². The summed E-state index contributed by atoms with van der Waals surface area (Å²) in [5, 5.41) is 2.91. The number of rotatable bonds is 7. The van der Waals surface area contributed by atoms with Crippen LogP contribution in [0.25, 0.3) is 0 Å². The van der Waals surface area contributed by atoms with Crippen molar-refractivity contribution in [2.24, 2.45) is 5.92 Å². The third kappa shape index (κ3) is 4.37. The van der Waals surface area contributed by atoms with E-state index in [0.29, 0.717) is 24.6 Å².